The highest BCUT2D eigenvalue weighted by Crippen LogP contribution is 2.23. The van der Waals surface area contributed by atoms with Crippen LogP contribution in [0.4, 0.5) is 13.2 Å². The number of ether oxygens (including phenoxy) is 1. The van der Waals surface area contributed by atoms with Gasteiger partial charge in [-0.2, -0.15) is 0 Å². The number of nitrogens with one attached hydrogen (secondary N) is 1. The van der Waals surface area contributed by atoms with Crippen LogP contribution >= 0.6 is 0 Å². The highest BCUT2D eigenvalue weighted by atomic mass is 19.4. The molecule has 0 radical (unpaired) electrons. The van der Waals surface area contributed by atoms with Gasteiger partial charge in [-0.15, -0.1) is 13.2 Å². The van der Waals surface area contributed by atoms with E-state index >= 15 is 0 Å². The van der Waals surface area contributed by atoms with Crippen LogP contribution in [-0.4, -0.2) is 18.9 Å². The number of alkyl halides is 3. The van der Waals surface area contributed by atoms with Gasteiger partial charge >= 0.3 is 6.36 Å². The zero-order chi connectivity index (χ0) is 15.2. The maximum absolute atomic E-state index is 12.0. The molecule has 1 N–H and O–H groups in total. The Bertz CT molecular complexity index is 389. The van der Waals surface area contributed by atoms with Gasteiger partial charge in [0.1, 0.15) is 5.75 Å². The Hall–Kier alpha value is -1.23. The van der Waals surface area contributed by atoms with Crippen molar-refractivity contribution in [3.63, 3.8) is 0 Å². The predicted octanol–water partition coefficient (Wildman–Crippen LogP) is 4.15. The van der Waals surface area contributed by atoms with E-state index in [4.69, 9.17) is 0 Å². The Labute approximate surface area is 118 Å². The molecular formula is C15H22F3NO. The third-order valence-electron chi connectivity index (χ3n) is 3.05. The van der Waals surface area contributed by atoms with Crippen LogP contribution in [0.25, 0.3) is 0 Å². The third kappa shape index (κ3) is 6.80. The molecule has 0 aliphatic carbocycles. The van der Waals surface area contributed by atoms with E-state index in [1.54, 1.807) is 12.1 Å². The molecule has 1 aromatic carbocycles. The van der Waals surface area contributed by atoms with Gasteiger partial charge in [-0.05, 0) is 49.9 Å². The average Bonchev–Trinajstić information content (AvgIpc) is 2.30. The highest BCUT2D eigenvalue weighted by molar-refractivity contribution is 5.27. The van der Waals surface area contributed by atoms with Crippen LogP contribution in [0.5, 0.6) is 5.75 Å². The monoisotopic (exact) mass is 289 g/mol. The molecule has 0 spiro atoms. The van der Waals surface area contributed by atoms with Crippen LogP contribution < -0.4 is 10.1 Å². The fourth-order valence-electron chi connectivity index (χ4n) is 2.35. The van der Waals surface area contributed by atoms with Gasteiger partial charge in [-0.3, -0.25) is 0 Å². The van der Waals surface area contributed by atoms with Crippen molar-refractivity contribution in [2.24, 2.45) is 5.92 Å². The number of benzene rings is 1. The fraction of sp³-hybridized carbons (Fsp3) is 0.600. The minimum Gasteiger partial charge on any atom is -0.406 e. The van der Waals surface area contributed by atoms with Crippen LogP contribution in [-0.2, 0) is 6.42 Å². The van der Waals surface area contributed by atoms with Crippen molar-refractivity contribution in [1.82, 2.24) is 5.32 Å². The van der Waals surface area contributed by atoms with E-state index in [9.17, 15) is 13.2 Å². The zero-order valence-corrected chi connectivity index (χ0v) is 12.1. The molecule has 0 amide bonds. The minimum absolute atomic E-state index is 0.171. The van der Waals surface area contributed by atoms with Gasteiger partial charge in [0.2, 0.25) is 0 Å². The third-order valence-corrected chi connectivity index (χ3v) is 3.05. The van der Waals surface area contributed by atoms with E-state index in [0.717, 1.165) is 24.9 Å². The molecule has 20 heavy (non-hydrogen) atoms. The quantitative estimate of drug-likeness (QED) is 0.814. The van der Waals surface area contributed by atoms with Crippen LogP contribution in [0.1, 0.15) is 32.8 Å². The molecule has 0 bridgehead atoms. The summed E-state index contributed by atoms with van der Waals surface area (Å²) < 4.78 is 40.0. The summed E-state index contributed by atoms with van der Waals surface area (Å²) in [7, 11) is 0. The van der Waals surface area contributed by atoms with Crippen molar-refractivity contribution in [2.45, 2.75) is 46.0 Å². The smallest absolute Gasteiger partial charge is 0.406 e. The summed E-state index contributed by atoms with van der Waals surface area (Å²) in [5, 5.41) is 3.35. The first-order valence-corrected chi connectivity index (χ1v) is 6.88. The topological polar surface area (TPSA) is 21.3 Å². The van der Waals surface area contributed by atoms with E-state index in [2.05, 4.69) is 30.8 Å². The summed E-state index contributed by atoms with van der Waals surface area (Å²) in [6.07, 6.45) is -2.74. The first-order valence-electron chi connectivity index (χ1n) is 6.88. The van der Waals surface area contributed by atoms with Crippen LogP contribution in [0, 0.1) is 5.92 Å². The molecule has 5 heteroatoms. The van der Waals surface area contributed by atoms with Crippen molar-refractivity contribution in [3.8, 4) is 5.75 Å². The lowest BCUT2D eigenvalue weighted by Gasteiger charge is -2.18. The second kappa shape index (κ2) is 7.53. The predicted molar refractivity (Wildman–Crippen MR) is 73.7 cm³/mol. The lowest BCUT2D eigenvalue weighted by Crippen LogP contribution is -2.27. The number of hydrogen-bond donors (Lipinski definition) is 1. The van der Waals surface area contributed by atoms with Crippen molar-refractivity contribution >= 4 is 0 Å². The van der Waals surface area contributed by atoms with Gasteiger partial charge in [0.05, 0.1) is 0 Å². The van der Waals surface area contributed by atoms with Gasteiger partial charge in [-0.1, -0.05) is 26.0 Å². The Morgan fingerprint density at radius 1 is 1.15 bits per heavy atom. The van der Waals surface area contributed by atoms with Crippen LogP contribution in [0.3, 0.4) is 0 Å². The standard InChI is InChI=1S/C15H22F3NO/c1-4-19-12(3)9-11(2)10-13-5-7-14(8-6-13)20-15(16,17)18/h5-8,11-12,19H,4,9-10H2,1-3H3. The van der Waals surface area contributed by atoms with Crippen molar-refractivity contribution < 1.29 is 17.9 Å². The van der Waals surface area contributed by atoms with Gasteiger partial charge in [0, 0.05) is 6.04 Å². The molecule has 0 aliphatic rings. The molecule has 0 fully saturated rings. The molecule has 0 aromatic heterocycles. The molecule has 0 saturated heterocycles. The van der Waals surface area contributed by atoms with Gasteiger partial charge in [-0.25, -0.2) is 0 Å². The lowest BCUT2D eigenvalue weighted by atomic mass is 9.95. The van der Waals surface area contributed by atoms with Crippen molar-refractivity contribution in [3.05, 3.63) is 29.8 Å². The van der Waals surface area contributed by atoms with Gasteiger partial charge in [0.25, 0.3) is 0 Å². The summed E-state index contributed by atoms with van der Waals surface area (Å²) in [6.45, 7) is 7.30. The zero-order valence-electron chi connectivity index (χ0n) is 12.1. The van der Waals surface area contributed by atoms with Gasteiger partial charge < -0.3 is 10.1 Å². The molecular weight excluding hydrogens is 267 g/mol. The van der Waals surface area contributed by atoms with Gasteiger partial charge in [0.15, 0.2) is 0 Å². The summed E-state index contributed by atoms with van der Waals surface area (Å²) in [6, 6.07) is 6.56. The Morgan fingerprint density at radius 3 is 2.25 bits per heavy atom. The van der Waals surface area contributed by atoms with E-state index in [1.165, 1.54) is 12.1 Å². The maximum atomic E-state index is 12.0. The molecule has 114 valence electrons. The Morgan fingerprint density at radius 2 is 1.75 bits per heavy atom. The minimum atomic E-state index is -4.63. The number of halogens is 3. The fourth-order valence-corrected chi connectivity index (χ4v) is 2.35. The number of hydrogen-bond acceptors (Lipinski definition) is 2. The molecule has 1 rings (SSSR count). The maximum Gasteiger partial charge on any atom is 0.573 e. The van der Waals surface area contributed by atoms with Crippen LogP contribution in [0.2, 0.25) is 0 Å². The van der Waals surface area contributed by atoms with E-state index in [1.807, 2.05) is 0 Å². The summed E-state index contributed by atoms with van der Waals surface area (Å²) in [5.41, 5.74) is 1.02. The van der Waals surface area contributed by atoms with Crippen molar-refractivity contribution in [1.29, 1.82) is 0 Å². The molecule has 2 atom stereocenters. The second-order valence-electron chi connectivity index (χ2n) is 5.20. The molecule has 1 aromatic rings. The van der Waals surface area contributed by atoms with Crippen LogP contribution in [0.15, 0.2) is 24.3 Å². The largest absolute Gasteiger partial charge is 0.573 e. The molecule has 0 saturated carbocycles. The summed E-state index contributed by atoms with van der Waals surface area (Å²) in [4.78, 5) is 0. The summed E-state index contributed by atoms with van der Waals surface area (Å²) >= 11 is 0. The number of rotatable bonds is 7. The van der Waals surface area contributed by atoms with E-state index < -0.39 is 6.36 Å². The normalized spacial score (nSPS) is 14.9. The first kappa shape index (κ1) is 16.8. The first-order chi connectivity index (χ1) is 9.30. The SMILES string of the molecule is CCNC(C)CC(C)Cc1ccc(OC(F)(F)F)cc1. The summed E-state index contributed by atoms with van der Waals surface area (Å²) in [5.74, 6) is 0.299. The second-order valence-corrected chi connectivity index (χ2v) is 5.20. The average molecular weight is 289 g/mol. The molecule has 2 unspecified atom stereocenters. The van der Waals surface area contributed by atoms with Crippen molar-refractivity contribution in [2.75, 3.05) is 6.54 Å². The molecule has 0 aliphatic heterocycles. The molecule has 2 nitrogen and oxygen atoms in total. The highest BCUT2D eigenvalue weighted by Gasteiger charge is 2.30. The Balaban J connectivity index is 2.48. The lowest BCUT2D eigenvalue weighted by molar-refractivity contribution is -0.274. The molecule has 0 heterocycles. The van der Waals surface area contributed by atoms with E-state index in [0.29, 0.717) is 12.0 Å². The van der Waals surface area contributed by atoms with E-state index in [-0.39, 0.29) is 5.75 Å². The Kier molecular flexibility index (Phi) is 6.33.